The third kappa shape index (κ3) is 4.82. The second kappa shape index (κ2) is 9.13. The molecular formula is C26H26N2O3. The summed E-state index contributed by atoms with van der Waals surface area (Å²) in [6.07, 6.45) is 5.27. The predicted molar refractivity (Wildman–Crippen MR) is 120 cm³/mol. The minimum Gasteiger partial charge on any atom is -0.481 e. The van der Waals surface area contributed by atoms with E-state index in [9.17, 15) is 14.7 Å². The zero-order valence-corrected chi connectivity index (χ0v) is 17.6. The molecule has 5 nitrogen and oxygen atoms in total. The molecule has 2 heterocycles. The molecule has 0 saturated carbocycles. The van der Waals surface area contributed by atoms with Gasteiger partial charge in [-0.1, -0.05) is 54.6 Å². The molecule has 1 fully saturated rings. The number of likely N-dealkylation sites (tertiary alicyclic amines) is 1. The average molecular weight is 415 g/mol. The fourth-order valence-electron chi connectivity index (χ4n) is 4.14. The van der Waals surface area contributed by atoms with E-state index in [-0.39, 0.29) is 18.4 Å². The van der Waals surface area contributed by atoms with E-state index in [1.807, 2.05) is 49.5 Å². The molecule has 3 aromatic rings. The molecule has 158 valence electrons. The standard InChI is InChI=1S/C26H26N2O3/c1-18-4-7-24(26(30)31)17-28(18)25(29)15-19-5-8-20(9-6-19)21-10-12-22(13-11-21)23-3-2-14-27-16-23/h2-3,5-6,8-14,16,18,24H,4,7,15,17H2,1H3,(H,30,31)/t18-,24+/m0/s1. The molecule has 31 heavy (non-hydrogen) atoms. The third-order valence-electron chi connectivity index (χ3n) is 6.07. The topological polar surface area (TPSA) is 70.5 Å². The second-order valence-electron chi connectivity index (χ2n) is 8.20. The fraction of sp³-hybridized carbons (Fsp3) is 0.269. The number of carbonyl (C=O) groups excluding carboxylic acids is 1. The zero-order chi connectivity index (χ0) is 21.8. The summed E-state index contributed by atoms with van der Waals surface area (Å²) < 4.78 is 0. The SMILES string of the molecule is C[C@H]1CC[C@@H](C(=O)O)CN1C(=O)Cc1ccc(-c2ccc(-c3cccnc3)cc2)cc1. The van der Waals surface area contributed by atoms with Crippen LogP contribution in [0.15, 0.2) is 73.1 Å². The Morgan fingerprint density at radius 1 is 0.935 bits per heavy atom. The maximum absolute atomic E-state index is 12.8. The Kier molecular flexibility index (Phi) is 6.12. The number of rotatable bonds is 5. The van der Waals surface area contributed by atoms with E-state index in [1.54, 1.807) is 11.1 Å². The first-order valence-corrected chi connectivity index (χ1v) is 10.6. The summed E-state index contributed by atoms with van der Waals surface area (Å²) in [6, 6.07) is 20.4. The van der Waals surface area contributed by atoms with Crippen molar-refractivity contribution in [2.24, 2.45) is 5.92 Å². The normalized spacial score (nSPS) is 18.5. The maximum atomic E-state index is 12.8. The summed E-state index contributed by atoms with van der Waals surface area (Å²) in [4.78, 5) is 30.0. The Morgan fingerprint density at radius 3 is 2.13 bits per heavy atom. The molecule has 0 bridgehead atoms. The zero-order valence-electron chi connectivity index (χ0n) is 17.6. The first-order valence-electron chi connectivity index (χ1n) is 10.6. The van der Waals surface area contributed by atoms with Crippen molar-refractivity contribution in [3.8, 4) is 22.3 Å². The average Bonchev–Trinajstić information content (AvgIpc) is 2.80. The number of aliphatic carboxylic acids is 1. The first-order chi connectivity index (χ1) is 15.0. The highest BCUT2D eigenvalue weighted by molar-refractivity contribution is 5.81. The summed E-state index contributed by atoms with van der Waals surface area (Å²) >= 11 is 0. The van der Waals surface area contributed by atoms with Gasteiger partial charge in [-0.3, -0.25) is 14.6 Å². The number of carboxylic acids is 1. The van der Waals surface area contributed by atoms with E-state index in [4.69, 9.17) is 0 Å². The molecule has 1 saturated heterocycles. The van der Waals surface area contributed by atoms with Crippen molar-refractivity contribution in [2.45, 2.75) is 32.2 Å². The van der Waals surface area contributed by atoms with Crippen LogP contribution in [0.25, 0.3) is 22.3 Å². The van der Waals surface area contributed by atoms with Crippen LogP contribution in [0.2, 0.25) is 0 Å². The minimum atomic E-state index is -0.816. The highest BCUT2D eigenvalue weighted by atomic mass is 16.4. The fourth-order valence-corrected chi connectivity index (χ4v) is 4.14. The number of carboxylic acid groups (broad SMARTS) is 1. The van der Waals surface area contributed by atoms with Crippen LogP contribution in [0, 0.1) is 5.92 Å². The van der Waals surface area contributed by atoms with Crippen molar-refractivity contribution < 1.29 is 14.7 Å². The van der Waals surface area contributed by atoms with Crippen molar-refractivity contribution >= 4 is 11.9 Å². The number of carbonyl (C=O) groups is 2. The molecule has 1 aliphatic rings. The van der Waals surface area contributed by atoms with Gasteiger partial charge in [0.15, 0.2) is 0 Å². The van der Waals surface area contributed by atoms with Gasteiger partial charge in [-0.25, -0.2) is 0 Å². The summed E-state index contributed by atoms with van der Waals surface area (Å²) in [5.41, 5.74) is 5.34. The van der Waals surface area contributed by atoms with Crippen molar-refractivity contribution in [3.05, 3.63) is 78.6 Å². The van der Waals surface area contributed by atoms with Crippen LogP contribution >= 0.6 is 0 Å². The molecule has 5 heteroatoms. The Labute approximate surface area is 182 Å². The molecule has 1 aliphatic heterocycles. The Bertz CT molecular complexity index is 1050. The summed E-state index contributed by atoms with van der Waals surface area (Å²) in [5, 5.41) is 9.29. The minimum absolute atomic E-state index is 0.00739. The lowest BCUT2D eigenvalue weighted by Crippen LogP contribution is -2.47. The largest absolute Gasteiger partial charge is 0.481 e. The highest BCUT2D eigenvalue weighted by Gasteiger charge is 2.32. The Balaban J connectivity index is 1.42. The number of amides is 1. The van der Waals surface area contributed by atoms with Crippen LogP contribution in [0.3, 0.4) is 0 Å². The monoisotopic (exact) mass is 414 g/mol. The van der Waals surface area contributed by atoms with Gasteiger partial charge in [0.1, 0.15) is 0 Å². The number of benzene rings is 2. The van der Waals surface area contributed by atoms with E-state index in [2.05, 4.69) is 29.2 Å². The van der Waals surface area contributed by atoms with Crippen molar-refractivity contribution in [1.82, 2.24) is 9.88 Å². The first kappa shape index (κ1) is 20.8. The van der Waals surface area contributed by atoms with Gasteiger partial charge in [-0.2, -0.15) is 0 Å². The Hall–Kier alpha value is -3.47. The van der Waals surface area contributed by atoms with Gasteiger partial charge in [0.05, 0.1) is 12.3 Å². The number of piperidine rings is 1. The van der Waals surface area contributed by atoms with Crippen molar-refractivity contribution in [3.63, 3.8) is 0 Å². The van der Waals surface area contributed by atoms with Gasteiger partial charge < -0.3 is 10.0 Å². The molecular weight excluding hydrogens is 388 g/mol. The van der Waals surface area contributed by atoms with Gasteiger partial charge in [0.2, 0.25) is 5.91 Å². The molecule has 0 aliphatic carbocycles. The van der Waals surface area contributed by atoms with Gasteiger partial charge in [-0.15, -0.1) is 0 Å². The number of hydrogen-bond donors (Lipinski definition) is 1. The lowest BCUT2D eigenvalue weighted by molar-refractivity contribution is -0.147. The van der Waals surface area contributed by atoms with E-state index in [0.717, 1.165) is 34.2 Å². The molecule has 1 N–H and O–H groups in total. The van der Waals surface area contributed by atoms with Crippen LogP contribution in [0.4, 0.5) is 0 Å². The van der Waals surface area contributed by atoms with Crippen LogP contribution in [-0.4, -0.2) is 39.5 Å². The number of pyridine rings is 1. The maximum Gasteiger partial charge on any atom is 0.308 e. The van der Waals surface area contributed by atoms with Gasteiger partial charge in [0, 0.05) is 25.0 Å². The van der Waals surface area contributed by atoms with E-state index >= 15 is 0 Å². The number of nitrogens with zero attached hydrogens (tertiary/aromatic N) is 2. The molecule has 0 unspecified atom stereocenters. The van der Waals surface area contributed by atoms with E-state index in [0.29, 0.717) is 13.0 Å². The summed E-state index contributed by atoms with van der Waals surface area (Å²) in [7, 11) is 0. The molecule has 1 amide bonds. The van der Waals surface area contributed by atoms with Crippen LogP contribution in [0.5, 0.6) is 0 Å². The van der Waals surface area contributed by atoms with Crippen LogP contribution in [0.1, 0.15) is 25.3 Å². The molecule has 2 aromatic carbocycles. The van der Waals surface area contributed by atoms with Gasteiger partial charge >= 0.3 is 5.97 Å². The molecule has 1 aromatic heterocycles. The lowest BCUT2D eigenvalue weighted by Gasteiger charge is -2.36. The number of aromatic nitrogens is 1. The highest BCUT2D eigenvalue weighted by Crippen LogP contribution is 2.26. The quantitative estimate of drug-likeness (QED) is 0.659. The predicted octanol–water partition coefficient (Wildman–Crippen LogP) is 4.67. The summed E-state index contributed by atoms with van der Waals surface area (Å²) in [6.45, 7) is 2.30. The molecule has 0 spiro atoms. The van der Waals surface area contributed by atoms with Crippen molar-refractivity contribution in [1.29, 1.82) is 0 Å². The molecule has 0 radical (unpaired) electrons. The smallest absolute Gasteiger partial charge is 0.308 e. The second-order valence-corrected chi connectivity index (χ2v) is 8.20. The molecule has 2 atom stereocenters. The lowest BCUT2D eigenvalue weighted by atomic mass is 9.93. The van der Waals surface area contributed by atoms with Crippen molar-refractivity contribution in [2.75, 3.05) is 6.54 Å². The third-order valence-corrected chi connectivity index (χ3v) is 6.07. The molecule has 4 rings (SSSR count). The van der Waals surface area contributed by atoms with Gasteiger partial charge in [0.25, 0.3) is 0 Å². The van der Waals surface area contributed by atoms with E-state index < -0.39 is 11.9 Å². The summed E-state index contributed by atoms with van der Waals surface area (Å²) in [5.74, 6) is -1.28. The van der Waals surface area contributed by atoms with Gasteiger partial charge in [-0.05, 0) is 53.6 Å². The van der Waals surface area contributed by atoms with E-state index in [1.165, 1.54) is 0 Å². The van der Waals surface area contributed by atoms with Crippen LogP contribution in [-0.2, 0) is 16.0 Å². The van der Waals surface area contributed by atoms with Crippen LogP contribution < -0.4 is 0 Å². The Morgan fingerprint density at radius 2 is 1.55 bits per heavy atom. The number of hydrogen-bond acceptors (Lipinski definition) is 3.